The van der Waals surface area contributed by atoms with E-state index in [-0.39, 0.29) is 16.0 Å². The van der Waals surface area contributed by atoms with Gasteiger partial charge in [0.15, 0.2) is 0 Å². The van der Waals surface area contributed by atoms with Gasteiger partial charge >= 0.3 is 0 Å². The van der Waals surface area contributed by atoms with Crippen LogP contribution >= 0.6 is 11.6 Å². The van der Waals surface area contributed by atoms with Crippen LogP contribution in [0.2, 0.25) is 5.02 Å². The highest BCUT2D eigenvalue weighted by Crippen LogP contribution is 2.26. The van der Waals surface area contributed by atoms with Crippen molar-refractivity contribution in [1.29, 1.82) is 0 Å². The molecule has 3 rings (SSSR count). The zero-order valence-electron chi connectivity index (χ0n) is 14.9. The second-order valence-corrected chi connectivity index (χ2v) is 8.54. The van der Waals surface area contributed by atoms with Gasteiger partial charge in [-0.05, 0) is 55.5 Å². The number of sulfone groups is 1. The fraction of sp³-hybridized carbons (Fsp3) is 0.0455. The van der Waals surface area contributed by atoms with Crippen molar-refractivity contribution >= 4 is 33.3 Å². The third-order valence-corrected chi connectivity index (χ3v) is 6.17. The summed E-state index contributed by atoms with van der Waals surface area (Å²) in [6, 6.07) is 17.7. The molecule has 3 nitrogen and oxygen atoms in total. The maximum absolute atomic E-state index is 14.1. The van der Waals surface area contributed by atoms with Gasteiger partial charge < -0.3 is 0 Å². The Hall–Kier alpha value is -2.76. The van der Waals surface area contributed by atoms with Gasteiger partial charge in [0.1, 0.15) is 10.7 Å². The summed E-state index contributed by atoms with van der Waals surface area (Å²) in [5.41, 5.74) is 1.03. The Morgan fingerprint density at radius 3 is 2.14 bits per heavy atom. The highest BCUT2D eigenvalue weighted by atomic mass is 35.5. The summed E-state index contributed by atoms with van der Waals surface area (Å²) in [5, 5.41) is 0.414. The molecule has 0 aliphatic heterocycles. The molecule has 0 aliphatic carbocycles. The number of carbonyl (C=O) groups is 1. The number of rotatable bonds is 5. The van der Waals surface area contributed by atoms with Gasteiger partial charge in [-0.15, -0.1) is 0 Å². The Morgan fingerprint density at radius 2 is 1.54 bits per heavy atom. The first-order valence-electron chi connectivity index (χ1n) is 8.37. The summed E-state index contributed by atoms with van der Waals surface area (Å²) < 4.78 is 40.6. The third kappa shape index (κ3) is 4.21. The van der Waals surface area contributed by atoms with Crippen molar-refractivity contribution in [3.8, 4) is 0 Å². The van der Waals surface area contributed by atoms with Gasteiger partial charge in [0, 0.05) is 16.1 Å². The quantitative estimate of drug-likeness (QED) is 0.410. The number of allylic oxidation sites excluding steroid dienone is 1. The first-order chi connectivity index (χ1) is 13.3. The van der Waals surface area contributed by atoms with E-state index in [2.05, 4.69) is 0 Å². The summed E-state index contributed by atoms with van der Waals surface area (Å²) in [5.74, 6) is -1.36. The average molecular weight is 415 g/mol. The van der Waals surface area contributed by atoms with Gasteiger partial charge in [0.05, 0.1) is 4.90 Å². The molecule has 0 bridgehead atoms. The minimum absolute atomic E-state index is 0.00972. The van der Waals surface area contributed by atoms with E-state index >= 15 is 0 Å². The van der Waals surface area contributed by atoms with E-state index in [9.17, 15) is 17.6 Å². The van der Waals surface area contributed by atoms with Gasteiger partial charge in [0.25, 0.3) is 0 Å². The van der Waals surface area contributed by atoms with Crippen LogP contribution in [0, 0.1) is 12.7 Å². The fourth-order valence-electron chi connectivity index (χ4n) is 2.59. The molecule has 0 saturated heterocycles. The predicted octanol–water partition coefficient (Wildman–Crippen LogP) is 5.49. The lowest BCUT2D eigenvalue weighted by Crippen LogP contribution is -2.14. The van der Waals surface area contributed by atoms with E-state index in [1.807, 2.05) is 6.92 Å². The van der Waals surface area contributed by atoms with Crippen LogP contribution in [0.5, 0.6) is 0 Å². The van der Waals surface area contributed by atoms with Gasteiger partial charge in [-0.25, -0.2) is 12.8 Å². The van der Waals surface area contributed by atoms with Gasteiger partial charge in [-0.3, -0.25) is 4.79 Å². The number of ketones is 1. The molecule has 0 N–H and O–H groups in total. The minimum Gasteiger partial charge on any atom is -0.288 e. The molecule has 3 aromatic carbocycles. The van der Waals surface area contributed by atoms with Crippen molar-refractivity contribution in [1.82, 2.24) is 0 Å². The van der Waals surface area contributed by atoms with E-state index in [4.69, 9.17) is 11.6 Å². The van der Waals surface area contributed by atoms with E-state index in [0.717, 1.165) is 11.6 Å². The Labute approximate surface area is 168 Å². The Kier molecular flexibility index (Phi) is 5.77. The zero-order valence-corrected chi connectivity index (χ0v) is 16.5. The molecule has 142 valence electrons. The first kappa shape index (κ1) is 20.0. The lowest BCUT2D eigenvalue weighted by molar-refractivity contribution is 0.104. The smallest absolute Gasteiger partial charge is 0.210 e. The fourth-order valence-corrected chi connectivity index (χ4v) is 4.10. The molecule has 3 aromatic rings. The lowest BCUT2D eigenvalue weighted by Gasteiger charge is -2.10. The average Bonchev–Trinajstić information content (AvgIpc) is 2.67. The van der Waals surface area contributed by atoms with Crippen molar-refractivity contribution in [3.05, 3.63) is 105 Å². The maximum atomic E-state index is 14.1. The lowest BCUT2D eigenvalue weighted by atomic mass is 10.1. The first-order valence-corrected chi connectivity index (χ1v) is 10.2. The number of carbonyl (C=O) groups excluding carboxylic acids is 1. The molecule has 0 atom stereocenters. The van der Waals surface area contributed by atoms with Crippen LogP contribution < -0.4 is 0 Å². The third-order valence-electron chi connectivity index (χ3n) is 4.14. The SMILES string of the molecule is Cc1ccc(S(=O)(=O)/C(=C/c2ccccc2F)C(=O)c2ccc(Cl)cc2)cc1. The number of Topliss-reactive ketones (excluding diaryl/α,β-unsaturated/α-hetero) is 1. The topological polar surface area (TPSA) is 51.2 Å². The van der Waals surface area contributed by atoms with E-state index in [0.29, 0.717) is 5.02 Å². The summed E-state index contributed by atoms with van der Waals surface area (Å²) in [7, 11) is -4.18. The molecule has 28 heavy (non-hydrogen) atoms. The molecular formula is C22H16ClFO3S. The standard InChI is InChI=1S/C22H16ClFO3S/c1-15-6-12-19(13-7-15)28(26,27)21(14-17-4-2-3-5-20(17)24)22(25)16-8-10-18(23)11-9-16/h2-14H,1H3/b21-14+. The van der Waals surface area contributed by atoms with Crippen LogP contribution in [-0.2, 0) is 9.84 Å². The molecule has 0 saturated carbocycles. The number of hydrogen-bond donors (Lipinski definition) is 0. The van der Waals surface area contributed by atoms with Crippen LogP contribution in [0.1, 0.15) is 21.5 Å². The Morgan fingerprint density at radius 1 is 0.929 bits per heavy atom. The monoisotopic (exact) mass is 414 g/mol. The van der Waals surface area contributed by atoms with Crippen molar-refractivity contribution < 1.29 is 17.6 Å². The molecule has 0 radical (unpaired) electrons. The number of aryl methyl sites for hydroxylation is 1. The van der Waals surface area contributed by atoms with Crippen molar-refractivity contribution in [3.63, 3.8) is 0 Å². The molecular weight excluding hydrogens is 399 g/mol. The van der Waals surface area contributed by atoms with Crippen LogP contribution in [0.4, 0.5) is 4.39 Å². The normalized spacial score (nSPS) is 12.0. The molecule has 6 heteroatoms. The van der Waals surface area contributed by atoms with E-state index in [1.165, 1.54) is 54.6 Å². The number of halogens is 2. The second-order valence-electron chi connectivity index (χ2n) is 6.18. The minimum atomic E-state index is -4.18. The molecule has 0 fully saturated rings. The molecule has 0 heterocycles. The Bertz CT molecular complexity index is 1150. The Balaban J connectivity index is 2.19. The van der Waals surface area contributed by atoms with Crippen LogP contribution in [0.25, 0.3) is 6.08 Å². The van der Waals surface area contributed by atoms with E-state index in [1.54, 1.807) is 18.2 Å². The van der Waals surface area contributed by atoms with Crippen LogP contribution in [0.3, 0.4) is 0 Å². The highest BCUT2D eigenvalue weighted by molar-refractivity contribution is 7.96. The maximum Gasteiger partial charge on any atom is 0.210 e. The summed E-state index contributed by atoms with van der Waals surface area (Å²) >= 11 is 5.85. The molecule has 0 amide bonds. The molecule has 0 aliphatic rings. The molecule has 0 spiro atoms. The zero-order chi connectivity index (χ0) is 20.3. The number of hydrogen-bond acceptors (Lipinski definition) is 3. The summed E-state index contributed by atoms with van der Waals surface area (Å²) in [6.45, 7) is 1.82. The second kappa shape index (κ2) is 8.09. The van der Waals surface area contributed by atoms with Crippen molar-refractivity contribution in [2.24, 2.45) is 0 Å². The van der Waals surface area contributed by atoms with Gasteiger partial charge in [-0.2, -0.15) is 0 Å². The van der Waals surface area contributed by atoms with E-state index < -0.39 is 26.3 Å². The van der Waals surface area contributed by atoms with Crippen LogP contribution in [0.15, 0.2) is 82.6 Å². The van der Waals surface area contributed by atoms with Crippen molar-refractivity contribution in [2.75, 3.05) is 0 Å². The summed E-state index contributed by atoms with van der Waals surface area (Å²) in [6.07, 6.45) is 1.07. The number of benzene rings is 3. The largest absolute Gasteiger partial charge is 0.288 e. The van der Waals surface area contributed by atoms with Gasteiger partial charge in [0.2, 0.25) is 15.6 Å². The molecule has 0 aromatic heterocycles. The van der Waals surface area contributed by atoms with Crippen molar-refractivity contribution in [2.45, 2.75) is 11.8 Å². The predicted molar refractivity (Wildman–Crippen MR) is 109 cm³/mol. The van der Waals surface area contributed by atoms with Crippen LogP contribution in [-0.4, -0.2) is 14.2 Å². The summed E-state index contributed by atoms with van der Waals surface area (Å²) in [4.78, 5) is 12.5. The van der Waals surface area contributed by atoms with Gasteiger partial charge in [-0.1, -0.05) is 47.5 Å². The molecule has 0 unspecified atom stereocenters. The highest BCUT2D eigenvalue weighted by Gasteiger charge is 2.28.